The molecule has 3 N–H and O–H groups in total. The maximum Gasteiger partial charge on any atom is 0.240 e. The van der Waals surface area contributed by atoms with E-state index >= 15 is 0 Å². The molecule has 0 spiro atoms. The van der Waals surface area contributed by atoms with Crippen LogP contribution in [0.3, 0.4) is 0 Å². The molecule has 0 aliphatic heterocycles. The Morgan fingerprint density at radius 3 is 2.42 bits per heavy atom. The summed E-state index contributed by atoms with van der Waals surface area (Å²) in [5.74, 6) is 0. The molecule has 0 saturated heterocycles. The van der Waals surface area contributed by atoms with E-state index in [2.05, 4.69) is 20.7 Å². The lowest BCUT2D eigenvalue weighted by Crippen LogP contribution is -2.46. The highest BCUT2D eigenvalue weighted by Gasteiger charge is 2.25. The van der Waals surface area contributed by atoms with Crippen LogP contribution >= 0.6 is 15.9 Å². The van der Waals surface area contributed by atoms with Crippen molar-refractivity contribution in [1.82, 2.24) is 4.72 Å². The summed E-state index contributed by atoms with van der Waals surface area (Å²) in [7, 11) is -3.48. The summed E-state index contributed by atoms with van der Waals surface area (Å²) in [6, 6.07) is 6.38. The van der Waals surface area contributed by atoms with Crippen LogP contribution in [-0.4, -0.2) is 20.5 Å². The van der Waals surface area contributed by atoms with E-state index < -0.39 is 10.0 Å². The van der Waals surface area contributed by atoms with Crippen molar-refractivity contribution in [3.63, 3.8) is 0 Å². The predicted molar refractivity (Wildman–Crippen MR) is 79.3 cm³/mol. The number of nitrogens with one attached hydrogen (secondary N) is 1. The van der Waals surface area contributed by atoms with Gasteiger partial charge in [-0.05, 0) is 37.1 Å². The number of benzene rings is 1. The standard InChI is InChI=1S/C13H19BrN2O2S/c14-10-6-8-11(9-7-10)19(17,18)16-13-5-3-1-2-4-12(13)15/h6-9,12-13,16H,1-5,15H2. The quantitative estimate of drug-likeness (QED) is 0.825. The Morgan fingerprint density at radius 1 is 1.11 bits per heavy atom. The third kappa shape index (κ3) is 4.02. The zero-order valence-electron chi connectivity index (χ0n) is 10.7. The topological polar surface area (TPSA) is 72.2 Å². The summed E-state index contributed by atoms with van der Waals surface area (Å²) in [6.07, 6.45) is 4.94. The van der Waals surface area contributed by atoms with Crippen LogP contribution in [0, 0.1) is 0 Å². The minimum Gasteiger partial charge on any atom is -0.326 e. The van der Waals surface area contributed by atoms with Crippen molar-refractivity contribution in [2.24, 2.45) is 5.73 Å². The molecule has 0 amide bonds. The Balaban J connectivity index is 2.13. The molecule has 1 aliphatic rings. The first-order valence-electron chi connectivity index (χ1n) is 6.52. The number of halogens is 1. The molecule has 1 aromatic rings. The average Bonchev–Trinajstić information content (AvgIpc) is 2.55. The first-order chi connectivity index (χ1) is 8.99. The van der Waals surface area contributed by atoms with E-state index in [1.54, 1.807) is 24.3 Å². The number of hydrogen-bond acceptors (Lipinski definition) is 3. The van der Waals surface area contributed by atoms with Gasteiger partial charge in [0.2, 0.25) is 10.0 Å². The lowest BCUT2D eigenvalue weighted by Gasteiger charge is -2.22. The average molecular weight is 347 g/mol. The Labute approximate surface area is 122 Å². The van der Waals surface area contributed by atoms with Gasteiger partial charge in [-0.15, -0.1) is 0 Å². The molecule has 19 heavy (non-hydrogen) atoms. The Hall–Kier alpha value is -0.430. The van der Waals surface area contributed by atoms with Crippen molar-refractivity contribution in [3.05, 3.63) is 28.7 Å². The van der Waals surface area contributed by atoms with Crippen LogP contribution < -0.4 is 10.5 Å². The third-order valence-electron chi connectivity index (χ3n) is 3.50. The first kappa shape index (κ1) is 15.0. The summed E-state index contributed by atoms with van der Waals surface area (Å²) in [5, 5.41) is 0. The molecule has 4 nitrogen and oxygen atoms in total. The second-order valence-corrected chi connectivity index (χ2v) is 7.61. The second-order valence-electron chi connectivity index (χ2n) is 4.98. The molecule has 1 fully saturated rings. The third-order valence-corrected chi connectivity index (χ3v) is 5.53. The van der Waals surface area contributed by atoms with Crippen LogP contribution in [0.1, 0.15) is 32.1 Å². The van der Waals surface area contributed by atoms with Crippen LogP contribution in [-0.2, 0) is 10.0 Å². The second kappa shape index (κ2) is 6.35. The normalized spacial score (nSPS) is 24.9. The first-order valence-corrected chi connectivity index (χ1v) is 8.80. The molecule has 1 aromatic carbocycles. The van der Waals surface area contributed by atoms with Gasteiger partial charge in [-0.25, -0.2) is 13.1 Å². The van der Waals surface area contributed by atoms with Gasteiger partial charge in [0, 0.05) is 16.6 Å². The molecule has 2 unspecified atom stereocenters. The molecule has 0 aromatic heterocycles. The fourth-order valence-corrected chi connectivity index (χ4v) is 3.95. The van der Waals surface area contributed by atoms with Gasteiger partial charge in [0.15, 0.2) is 0 Å². The van der Waals surface area contributed by atoms with E-state index in [4.69, 9.17) is 5.73 Å². The molecule has 1 aliphatic carbocycles. The lowest BCUT2D eigenvalue weighted by molar-refractivity contribution is 0.456. The van der Waals surface area contributed by atoms with E-state index in [0.717, 1.165) is 36.6 Å². The molecule has 0 heterocycles. The van der Waals surface area contributed by atoms with Crippen molar-refractivity contribution >= 4 is 26.0 Å². The Morgan fingerprint density at radius 2 is 1.74 bits per heavy atom. The van der Waals surface area contributed by atoms with Crippen molar-refractivity contribution in [3.8, 4) is 0 Å². The van der Waals surface area contributed by atoms with Crippen LogP contribution in [0.15, 0.2) is 33.6 Å². The van der Waals surface area contributed by atoms with Crippen LogP contribution in [0.5, 0.6) is 0 Å². The van der Waals surface area contributed by atoms with E-state index in [0.29, 0.717) is 0 Å². The summed E-state index contributed by atoms with van der Waals surface area (Å²) in [5.41, 5.74) is 6.05. The maximum absolute atomic E-state index is 12.3. The van der Waals surface area contributed by atoms with Gasteiger partial charge in [0.25, 0.3) is 0 Å². The molecule has 2 atom stereocenters. The van der Waals surface area contributed by atoms with Crippen LogP contribution in [0.2, 0.25) is 0 Å². The number of nitrogens with two attached hydrogens (primary N) is 1. The Bertz CT molecular complexity index is 516. The maximum atomic E-state index is 12.3. The summed E-state index contributed by atoms with van der Waals surface area (Å²) in [4.78, 5) is 0.284. The van der Waals surface area contributed by atoms with Gasteiger partial charge < -0.3 is 5.73 Å². The van der Waals surface area contributed by atoms with Gasteiger partial charge in [-0.3, -0.25) is 0 Å². The smallest absolute Gasteiger partial charge is 0.240 e. The highest BCUT2D eigenvalue weighted by molar-refractivity contribution is 9.10. The molecule has 106 valence electrons. The lowest BCUT2D eigenvalue weighted by atomic mass is 10.1. The fourth-order valence-electron chi connectivity index (χ4n) is 2.36. The Kier molecular flexibility index (Phi) is 5.00. The molecule has 2 rings (SSSR count). The van der Waals surface area contributed by atoms with Crippen molar-refractivity contribution in [2.45, 2.75) is 49.1 Å². The minimum atomic E-state index is -3.48. The highest BCUT2D eigenvalue weighted by atomic mass is 79.9. The minimum absolute atomic E-state index is 0.0901. The van der Waals surface area contributed by atoms with Crippen molar-refractivity contribution in [2.75, 3.05) is 0 Å². The van der Waals surface area contributed by atoms with Gasteiger partial charge >= 0.3 is 0 Å². The number of rotatable bonds is 3. The van der Waals surface area contributed by atoms with E-state index in [9.17, 15) is 8.42 Å². The molecular weight excluding hydrogens is 328 g/mol. The van der Waals surface area contributed by atoms with Gasteiger partial charge in [0.1, 0.15) is 0 Å². The monoisotopic (exact) mass is 346 g/mol. The largest absolute Gasteiger partial charge is 0.326 e. The molecule has 0 bridgehead atoms. The van der Waals surface area contributed by atoms with Gasteiger partial charge in [0.05, 0.1) is 4.90 Å². The van der Waals surface area contributed by atoms with E-state index in [1.807, 2.05) is 0 Å². The van der Waals surface area contributed by atoms with E-state index in [-0.39, 0.29) is 17.0 Å². The van der Waals surface area contributed by atoms with Crippen LogP contribution in [0.4, 0.5) is 0 Å². The summed E-state index contributed by atoms with van der Waals surface area (Å²) >= 11 is 3.30. The van der Waals surface area contributed by atoms with Crippen molar-refractivity contribution < 1.29 is 8.42 Å². The number of sulfonamides is 1. The zero-order valence-corrected chi connectivity index (χ0v) is 13.1. The summed E-state index contributed by atoms with van der Waals surface area (Å²) < 4.78 is 28.2. The molecule has 1 saturated carbocycles. The fraction of sp³-hybridized carbons (Fsp3) is 0.538. The predicted octanol–water partition coefficient (Wildman–Crippen LogP) is 2.39. The summed E-state index contributed by atoms with van der Waals surface area (Å²) in [6.45, 7) is 0. The van der Waals surface area contributed by atoms with Gasteiger partial charge in [-0.2, -0.15) is 0 Å². The molecule has 6 heteroatoms. The molecular formula is C13H19BrN2O2S. The van der Waals surface area contributed by atoms with Gasteiger partial charge in [-0.1, -0.05) is 35.2 Å². The number of hydrogen-bond donors (Lipinski definition) is 2. The SMILES string of the molecule is NC1CCCCCC1NS(=O)(=O)c1ccc(Br)cc1. The van der Waals surface area contributed by atoms with Crippen LogP contribution in [0.25, 0.3) is 0 Å². The highest BCUT2D eigenvalue weighted by Crippen LogP contribution is 2.20. The van der Waals surface area contributed by atoms with E-state index in [1.165, 1.54) is 0 Å². The van der Waals surface area contributed by atoms with Crippen molar-refractivity contribution in [1.29, 1.82) is 0 Å². The zero-order chi connectivity index (χ0) is 13.9. The molecule has 0 radical (unpaired) electrons.